The quantitative estimate of drug-likeness (QED) is 0.859. The summed E-state index contributed by atoms with van der Waals surface area (Å²) in [5.41, 5.74) is 0.619. The van der Waals surface area contributed by atoms with Gasteiger partial charge in [-0.1, -0.05) is 30.3 Å². The van der Waals surface area contributed by atoms with Crippen LogP contribution >= 0.6 is 11.3 Å². The standard InChI is InChI=1S/C14H12O3S/c1-9(14(16)17)11-7-8-12(18-11)13(15)10-5-3-2-4-6-10/h2-9H,1H3,(H,16,17)/t9-/m1/s1. The van der Waals surface area contributed by atoms with Crippen LogP contribution in [0, 0.1) is 0 Å². The van der Waals surface area contributed by atoms with Gasteiger partial charge in [0.05, 0.1) is 10.8 Å². The van der Waals surface area contributed by atoms with Crippen LogP contribution < -0.4 is 0 Å². The molecular weight excluding hydrogens is 248 g/mol. The molecule has 0 aliphatic rings. The molecule has 1 aromatic heterocycles. The molecule has 2 aromatic rings. The number of thiophene rings is 1. The number of carbonyl (C=O) groups is 2. The maximum atomic E-state index is 12.1. The smallest absolute Gasteiger partial charge is 0.311 e. The van der Waals surface area contributed by atoms with Gasteiger partial charge in [-0.05, 0) is 19.1 Å². The van der Waals surface area contributed by atoms with E-state index in [0.717, 1.165) is 0 Å². The molecule has 0 amide bonds. The van der Waals surface area contributed by atoms with Crippen molar-refractivity contribution in [2.75, 3.05) is 0 Å². The van der Waals surface area contributed by atoms with Crippen LogP contribution in [0.15, 0.2) is 42.5 Å². The summed E-state index contributed by atoms with van der Waals surface area (Å²) in [5.74, 6) is -1.52. The van der Waals surface area contributed by atoms with E-state index in [1.165, 1.54) is 11.3 Å². The molecule has 1 heterocycles. The Bertz CT molecular complexity index is 572. The van der Waals surface area contributed by atoms with Gasteiger partial charge in [0.2, 0.25) is 5.78 Å². The summed E-state index contributed by atoms with van der Waals surface area (Å²) >= 11 is 1.24. The number of hydrogen-bond acceptors (Lipinski definition) is 3. The number of carboxylic acids is 1. The Morgan fingerprint density at radius 1 is 1.11 bits per heavy atom. The molecular formula is C14H12O3S. The molecule has 1 N–H and O–H groups in total. The lowest BCUT2D eigenvalue weighted by molar-refractivity contribution is -0.138. The third kappa shape index (κ3) is 2.49. The maximum absolute atomic E-state index is 12.1. The largest absolute Gasteiger partial charge is 0.481 e. The first-order valence-corrected chi connectivity index (χ1v) is 6.33. The zero-order chi connectivity index (χ0) is 13.1. The van der Waals surface area contributed by atoms with Crippen molar-refractivity contribution >= 4 is 23.1 Å². The second-order valence-electron chi connectivity index (χ2n) is 3.96. The summed E-state index contributed by atoms with van der Waals surface area (Å²) in [6.45, 7) is 1.62. The number of aliphatic carboxylic acids is 1. The number of carbonyl (C=O) groups excluding carboxylic acids is 1. The average molecular weight is 260 g/mol. The van der Waals surface area contributed by atoms with E-state index in [2.05, 4.69) is 0 Å². The minimum Gasteiger partial charge on any atom is -0.481 e. The van der Waals surface area contributed by atoms with E-state index in [0.29, 0.717) is 15.3 Å². The summed E-state index contributed by atoms with van der Waals surface area (Å²) < 4.78 is 0. The summed E-state index contributed by atoms with van der Waals surface area (Å²) in [5, 5.41) is 8.92. The van der Waals surface area contributed by atoms with Crippen LogP contribution in [0.1, 0.15) is 33.0 Å². The normalized spacial score (nSPS) is 12.1. The number of benzene rings is 1. The molecule has 0 unspecified atom stereocenters. The van der Waals surface area contributed by atoms with Crippen molar-refractivity contribution in [2.45, 2.75) is 12.8 Å². The predicted octanol–water partition coefficient (Wildman–Crippen LogP) is 3.17. The van der Waals surface area contributed by atoms with Crippen molar-refractivity contribution in [3.8, 4) is 0 Å². The monoisotopic (exact) mass is 260 g/mol. The van der Waals surface area contributed by atoms with Crippen LogP contribution in [0.4, 0.5) is 0 Å². The molecule has 0 spiro atoms. The summed E-state index contributed by atoms with van der Waals surface area (Å²) in [7, 11) is 0. The van der Waals surface area contributed by atoms with Gasteiger partial charge in [0, 0.05) is 10.4 Å². The highest BCUT2D eigenvalue weighted by Crippen LogP contribution is 2.26. The van der Waals surface area contributed by atoms with Crippen molar-refractivity contribution in [2.24, 2.45) is 0 Å². The molecule has 0 saturated heterocycles. The molecule has 4 heteroatoms. The number of rotatable bonds is 4. The second-order valence-corrected chi connectivity index (χ2v) is 5.07. The first kappa shape index (κ1) is 12.5. The van der Waals surface area contributed by atoms with Gasteiger partial charge in [-0.25, -0.2) is 0 Å². The fraction of sp³-hybridized carbons (Fsp3) is 0.143. The topological polar surface area (TPSA) is 54.4 Å². The summed E-state index contributed by atoms with van der Waals surface area (Å²) in [6.07, 6.45) is 0. The van der Waals surface area contributed by atoms with Crippen LogP contribution in [0.5, 0.6) is 0 Å². The zero-order valence-electron chi connectivity index (χ0n) is 9.79. The molecule has 0 aliphatic heterocycles. The van der Waals surface area contributed by atoms with E-state index in [1.54, 1.807) is 31.2 Å². The minimum absolute atomic E-state index is 0.0653. The highest BCUT2D eigenvalue weighted by Gasteiger charge is 2.18. The lowest BCUT2D eigenvalue weighted by Crippen LogP contribution is -2.05. The SMILES string of the molecule is C[C@@H](C(=O)O)c1ccc(C(=O)c2ccccc2)s1. The first-order valence-electron chi connectivity index (χ1n) is 5.52. The van der Waals surface area contributed by atoms with Crippen molar-refractivity contribution in [3.63, 3.8) is 0 Å². The summed E-state index contributed by atoms with van der Waals surface area (Å²) in [6, 6.07) is 12.4. The van der Waals surface area contributed by atoms with Crippen LogP contribution in [-0.2, 0) is 4.79 Å². The first-order chi connectivity index (χ1) is 8.59. The fourth-order valence-electron chi connectivity index (χ4n) is 1.56. The maximum Gasteiger partial charge on any atom is 0.311 e. The molecule has 1 aromatic carbocycles. The molecule has 1 atom stereocenters. The van der Waals surface area contributed by atoms with E-state index in [-0.39, 0.29) is 5.78 Å². The van der Waals surface area contributed by atoms with Gasteiger partial charge in [-0.15, -0.1) is 11.3 Å². The Morgan fingerprint density at radius 2 is 1.78 bits per heavy atom. The molecule has 0 saturated carbocycles. The third-order valence-corrected chi connectivity index (χ3v) is 3.95. The van der Waals surface area contributed by atoms with Crippen LogP contribution in [-0.4, -0.2) is 16.9 Å². The van der Waals surface area contributed by atoms with E-state index in [4.69, 9.17) is 5.11 Å². The van der Waals surface area contributed by atoms with Crippen molar-refractivity contribution in [1.29, 1.82) is 0 Å². The average Bonchev–Trinajstić information content (AvgIpc) is 2.87. The van der Waals surface area contributed by atoms with Crippen molar-refractivity contribution in [1.82, 2.24) is 0 Å². The molecule has 3 nitrogen and oxygen atoms in total. The third-order valence-electron chi connectivity index (χ3n) is 2.68. The van der Waals surface area contributed by atoms with Crippen LogP contribution in [0.3, 0.4) is 0 Å². The molecule has 2 rings (SSSR count). The molecule has 0 bridgehead atoms. The highest BCUT2D eigenvalue weighted by molar-refractivity contribution is 7.14. The Kier molecular flexibility index (Phi) is 3.58. The van der Waals surface area contributed by atoms with E-state index >= 15 is 0 Å². The number of hydrogen-bond donors (Lipinski definition) is 1. The van der Waals surface area contributed by atoms with Gasteiger partial charge in [-0.2, -0.15) is 0 Å². The Morgan fingerprint density at radius 3 is 2.39 bits per heavy atom. The van der Waals surface area contributed by atoms with Gasteiger partial charge in [0.25, 0.3) is 0 Å². The Hall–Kier alpha value is -1.94. The van der Waals surface area contributed by atoms with Crippen LogP contribution in [0.25, 0.3) is 0 Å². The number of carboxylic acid groups (broad SMARTS) is 1. The van der Waals surface area contributed by atoms with E-state index in [9.17, 15) is 9.59 Å². The molecule has 0 aliphatic carbocycles. The van der Waals surface area contributed by atoms with Gasteiger partial charge in [-0.3, -0.25) is 9.59 Å². The zero-order valence-corrected chi connectivity index (χ0v) is 10.6. The van der Waals surface area contributed by atoms with Crippen molar-refractivity contribution in [3.05, 3.63) is 57.8 Å². The summed E-state index contributed by atoms with van der Waals surface area (Å²) in [4.78, 5) is 24.3. The van der Waals surface area contributed by atoms with E-state index in [1.807, 2.05) is 18.2 Å². The number of ketones is 1. The predicted molar refractivity (Wildman–Crippen MR) is 70.2 cm³/mol. The van der Waals surface area contributed by atoms with E-state index < -0.39 is 11.9 Å². The van der Waals surface area contributed by atoms with Crippen molar-refractivity contribution < 1.29 is 14.7 Å². The molecule has 0 fully saturated rings. The van der Waals surface area contributed by atoms with Gasteiger partial charge in [0.1, 0.15) is 0 Å². The minimum atomic E-state index is -0.879. The van der Waals surface area contributed by atoms with Gasteiger partial charge < -0.3 is 5.11 Å². The van der Waals surface area contributed by atoms with Gasteiger partial charge >= 0.3 is 5.97 Å². The molecule has 92 valence electrons. The second kappa shape index (κ2) is 5.14. The lowest BCUT2D eigenvalue weighted by Gasteiger charge is -2.01. The molecule has 0 radical (unpaired) electrons. The van der Waals surface area contributed by atoms with Crippen LogP contribution in [0.2, 0.25) is 0 Å². The molecule has 18 heavy (non-hydrogen) atoms. The lowest BCUT2D eigenvalue weighted by atomic mass is 10.1. The van der Waals surface area contributed by atoms with Gasteiger partial charge in [0.15, 0.2) is 0 Å². The fourth-order valence-corrected chi connectivity index (χ4v) is 2.58. The Balaban J connectivity index is 2.26. The highest BCUT2D eigenvalue weighted by atomic mass is 32.1. The Labute approximate surface area is 109 Å².